The fraction of sp³-hybridized carbons (Fsp3) is 0.435. The van der Waals surface area contributed by atoms with E-state index in [1.54, 1.807) is 11.0 Å². The lowest BCUT2D eigenvalue weighted by atomic mass is 9.93. The van der Waals surface area contributed by atoms with Crippen LogP contribution in [0.2, 0.25) is 0 Å². The fourth-order valence-electron chi connectivity index (χ4n) is 4.19. The van der Waals surface area contributed by atoms with Gasteiger partial charge in [-0.2, -0.15) is 4.31 Å². The summed E-state index contributed by atoms with van der Waals surface area (Å²) in [6.45, 7) is 3.48. The molecular formula is C23H26F3N3O3S. The molecule has 2 fully saturated rings. The Balaban J connectivity index is 1.57. The maximum Gasteiger partial charge on any atom is 0.246 e. The number of anilines is 1. The molecule has 4 rings (SSSR count). The first kappa shape index (κ1) is 23.6. The van der Waals surface area contributed by atoms with E-state index in [9.17, 15) is 22.0 Å². The zero-order chi connectivity index (χ0) is 23.8. The van der Waals surface area contributed by atoms with Gasteiger partial charge in [0, 0.05) is 56.9 Å². The number of hydrogen-bond acceptors (Lipinski definition) is 4. The van der Waals surface area contributed by atoms with E-state index in [1.807, 2.05) is 4.90 Å². The van der Waals surface area contributed by atoms with E-state index in [4.69, 9.17) is 0 Å². The summed E-state index contributed by atoms with van der Waals surface area (Å²) in [5, 5.41) is 0. The van der Waals surface area contributed by atoms with Crippen LogP contribution in [-0.2, 0) is 21.4 Å². The highest BCUT2D eigenvalue weighted by atomic mass is 32.2. The molecule has 0 N–H and O–H groups in total. The van der Waals surface area contributed by atoms with Gasteiger partial charge < -0.3 is 9.80 Å². The van der Waals surface area contributed by atoms with Crippen molar-refractivity contribution >= 4 is 21.6 Å². The molecule has 1 saturated carbocycles. The third-order valence-corrected chi connectivity index (χ3v) is 8.33. The summed E-state index contributed by atoms with van der Waals surface area (Å²) in [5.41, 5.74) is 0.807. The van der Waals surface area contributed by atoms with Gasteiger partial charge in [0.15, 0.2) is 0 Å². The van der Waals surface area contributed by atoms with E-state index in [-0.39, 0.29) is 18.0 Å². The van der Waals surface area contributed by atoms with Crippen LogP contribution in [0, 0.1) is 17.5 Å². The first-order valence-corrected chi connectivity index (χ1v) is 12.4. The SMILES string of the molecule is CC(=O)N1CCN(c2ccc(CN(C3CCC3)S(=O)(=O)c3cc(F)ccc3F)c(F)c2)CC1. The van der Waals surface area contributed by atoms with Crippen molar-refractivity contribution in [3.05, 3.63) is 59.4 Å². The quantitative estimate of drug-likeness (QED) is 0.634. The van der Waals surface area contributed by atoms with Crippen LogP contribution >= 0.6 is 0 Å². The van der Waals surface area contributed by atoms with E-state index in [0.29, 0.717) is 50.8 Å². The first-order valence-electron chi connectivity index (χ1n) is 10.9. The molecule has 1 heterocycles. The van der Waals surface area contributed by atoms with Gasteiger partial charge >= 0.3 is 0 Å². The zero-order valence-corrected chi connectivity index (χ0v) is 19.1. The van der Waals surface area contributed by atoms with Crippen molar-refractivity contribution in [2.45, 2.75) is 43.7 Å². The molecule has 33 heavy (non-hydrogen) atoms. The second kappa shape index (κ2) is 9.34. The second-order valence-corrected chi connectivity index (χ2v) is 10.3. The highest BCUT2D eigenvalue weighted by Crippen LogP contribution is 2.33. The minimum atomic E-state index is -4.37. The maximum absolute atomic E-state index is 15.0. The number of sulfonamides is 1. The number of piperazine rings is 1. The van der Waals surface area contributed by atoms with Gasteiger partial charge in [-0.3, -0.25) is 4.79 Å². The summed E-state index contributed by atoms with van der Waals surface area (Å²) in [7, 11) is -4.37. The Kier molecular flexibility index (Phi) is 6.67. The van der Waals surface area contributed by atoms with Crippen molar-refractivity contribution in [1.29, 1.82) is 0 Å². The minimum absolute atomic E-state index is 0.00297. The van der Waals surface area contributed by atoms with E-state index < -0.39 is 38.4 Å². The maximum atomic E-state index is 15.0. The number of nitrogens with zero attached hydrogens (tertiary/aromatic N) is 3. The highest BCUT2D eigenvalue weighted by molar-refractivity contribution is 7.89. The molecule has 0 radical (unpaired) electrons. The van der Waals surface area contributed by atoms with Gasteiger partial charge in [0.1, 0.15) is 22.3 Å². The van der Waals surface area contributed by atoms with Crippen molar-refractivity contribution in [2.75, 3.05) is 31.1 Å². The van der Waals surface area contributed by atoms with E-state index in [2.05, 4.69) is 0 Å². The number of halogens is 3. The van der Waals surface area contributed by atoms with Gasteiger partial charge in [0.25, 0.3) is 0 Å². The van der Waals surface area contributed by atoms with Crippen LogP contribution < -0.4 is 4.90 Å². The summed E-state index contributed by atoms with van der Waals surface area (Å²) < 4.78 is 70.5. The number of carbonyl (C=O) groups excluding carboxylic acids is 1. The van der Waals surface area contributed by atoms with Crippen LogP contribution in [0.15, 0.2) is 41.3 Å². The number of hydrogen-bond donors (Lipinski definition) is 0. The number of carbonyl (C=O) groups is 1. The molecule has 2 aromatic carbocycles. The van der Waals surface area contributed by atoms with Crippen LogP contribution in [-0.4, -0.2) is 55.8 Å². The molecule has 2 aliphatic rings. The minimum Gasteiger partial charge on any atom is -0.368 e. The Morgan fingerprint density at radius 1 is 1.00 bits per heavy atom. The average molecular weight is 482 g/mol. The van der Waals surface area contributed by atoms with Crippen LogP contribution in [0.3, 0.4) is 0 Å². The van der Waals surface area contributed by atoms with E-state index in [0.717, 1.165) is 22.9 Å². The first-order chi connectivity index (χ1) is 15.7. The van der Waals surface area contributed by atoms with Gasteiger partial charge in [0.2, 0.25) is 15.9 Å². The molecule has 1 amide bonds. The van der Waals surface area contributed by atoms with Crippen molar-refractivity contribution in [2.24, 2.45) is 0 Å². The standard InChI is InChI=1S/C23H26F3N3O3S/c1-16(30)27-9-11-28(12-10-27)20-7-5-17(22(26)14-20)15-29(19-3-2-4-19)33(31,32)23-13-18(24)6-8-21(23)25/h5-8,13-14,19H,2-4,9-12,15H2,1H3. The normalized spacial score (nSPS) is 17.4. The summed E-state index contributed by atoms with van der Waals surface area (Å²) in [4.78, 5) is 14.5. The smallest absolute Gasteiger partial charge is 0.246 e. The molecule has 1 aliphatic carbocycles. The lowest BCUT2D eigenvalue weighted by molar-refractivity contribution is -0.129. The zero-order valence-electron chi connectivity index (χ0n) is 18.3. The van der Waals surface area contributed by atoms with Crippen molar-refractivity contribution < 1.29 is 26.4 Å². The number of amides is 1. The number of benzene rings is 2. The molecule has 0 spiro atoms. The van der Waals surface area contributed by atoms with Crippen LogP contribution in [0.25, 0.3) is 0 Å². The summed E-state index contributed by atoms with van der Waals surface area (Å²) in [6, 6.07) is 6.51. The highest BCUT2D eigenvalue weighted by Gasteiger charge is 2.37. The van der Waals surface area contributed by atoms with Crippen LogP contribution in [0.4, 0.5) is 18.9 Å². The molecule has 0 bridgehead atoms. The van der Waals surface area contributed by atoms with Crippen LogP contribution in [0.5, 0.6) is 0 Å². The predicted molar refractivity (Wildman–Crippen MR) is 118 cm³/mol. The molecule has 0 unspecified atom stereocenters. The molecule has 10 heteroatoms. The van der Waals surface area contributed by atoms with E-state index >= 15 is 4.39 Å². The Morgan fingerprint density at radius 2 is 1.70 bits per heavy atom. The Hall–Kier alpha value is -2.59. The molecule has 1 saturated heterocycles. The largest absolute Gasteiger partial charge is 0.368 e. The van der Waals surface area contributed by atoms with Crippen molar-refractivity contribution in [1.82, 2.24) is 9.21 Å². The Bertz CT molecular complexity index is 1150. The average Bonchev–Trinajstić information content (AvgIpc) is 2.74. The van der Waals surface area contributed by atoms with Gasteiger partial charge in [-0.05, 0) is 43.2 Å². The molecule has 2 aromatic rings. The summed E-state index contributed by atoms with van der Waals surface area (Å²) >= 11 is 0. The lowest BCUT2D eigenvalue weighted by Gasteiger charge is -2.37. The molecule has 178 valence electrons. The summed E-state index contributed by atoms with van der Waals surface area (Å²) in [5.74, 6) is -2.46. The fourth-order valence-corrected chi connectivity index (χ4v) is 5.94. The van der Waals surface area contributed by atoms with Crippen molar-refractivity contribution in [3.63, 3.8) is 0 Å². The number of rotatable bonds is 6. The van der Waals surface area contributed by atoms with Gasteiger partial charge in [0.05, 0.1) is 0 Å². The van der Waals surface area contributed by atoms with Gasteiger partial charge in [-0.1, -0.05) is 12.5 Å². The molecule has 6 nitrogen and oxygen atoms in total. The summed E-state index contributed by atoms with van der Waals surface area (Å²) in [6.07, 6.45) is 1.97. The third kappa shape index (κ3) is 4.86. The monoisotopic (exact) mass is 481 g/mol. The molecule has 0 atom stereocenters. The topological polar surface area (TPSA) is 60.9 Å². The Morgan fingerprint density at radius 3 is 2.27 bits per heavy atom. The lowest BCUT2D eigenvalue weighted by Crippen LogP contribution is -2.48. The second-order valence-electron chi connectivity index (χ2n) is 8.48. The predicted octanol–water partition coefficient (Wildman–Crippen LogP) is 3.52. The Labute approximate surface area is 191 Å². The molecule has 0 aromatic heterocycles. The van der Waals surface area contributed by atoms with Crippen molar-refractivity contribution in [3.8, 4) is 0 Å². The molecular weight excluding hydrogens is 455 g/mol. The van der Waals surface area contributed by atoms with Gasteiger partial charge in [-0.25, -0.2) is 21.6 Å². The third-order valence-electron chi connectivity index (χ3n) is 6.41. The van der Waals surface area contributed by atoms with Gasteiger partial charge in [-0.15, -0.1) is 0 Å². The van der Waals surface area contributed by atoms with E-state index in [1.165, 1.54) is 19.1 Å². The molecule has 1 aliphatic heterocycles. The van der Waals surface area contributed by atoms with Crippen LogP contribution in [0.1, 0.15) is 31.7 Å².